The summed E-state index contributed by atoms with van der Waals surface area (Å²) in [5.74, 6) is 0.725. The van der Waals surface area contributed by atoms with Gasteiger partial charge >= 0.3 is 5.97 Å². The molecule has 0 atom stereocenters. The average molecular weight is 362 g/mol. The first kappa shape index (κ1) is 20.2. The molecule has 0 aliphatic carbocycles. The molecule has 3 rings (SSSR count). The van der Waals surface area contributed by atoms with E-state index in [4.69, 9.17) is 4.74 Å². The van der Waals surface area contributed by atoms with Crippen molar-refractivity contribution in [2.75, 3.05) is 13.2 Å². The van der Waals surface area contributed by atoms with Crippen LogP contribution >= 0.6 is 0 Å². The van der Waals surface area contributed by atoms with Crippen molar-refractivity contribution in [3.63, 3.8) is 0 Å². The van der Waals surface area contributed by atoms with E-state index in [0.29, 0.717) is 13.2 Å². The van der Waals surface area contributed by atoms with Gasteiger partial charge in [-0.3, -0.25) is 4.79 Å². The topological polar surface area (TPSA) is 35.5 Å². The molecule has 27 heavy (non-hydrogen) atoms. The summed E-state index contributed by atoms with van der Waals surface area (Å²) in [6.07, 6.45) is 0. The molecule has 0 aliphatic rings. The molecule has 0 N–H and O–H groups in total. The molecule has 0 aliphatic heterocycles. The Labute approximate surface area is 161 Å². The van der Waals surface area contributed by atoms with Gasteiger partial charge in [-0.15, -0.1) is 0 Å². The molecule has 0 fully saturated rings. The summed E-state index contributed by atoms with van der Waals surface area (Å²) in [6, 6.07) is 27.1. The fourth-order valence-corrected chi connectivity index (χ4v) is 2.77. The Kier molecular flexibility index (Phi) is 8.11. The van der Waals surface area contributed by atoms with Gasteiger partial charge in [-0.1, -0.05) is 72.8 Å². The van der Waals surface area contributed by atoms with Gasteiger partial charge in [-0.2, -0.15) is 0 Å². The maximum atomic E-state index is 9.82. The van der Waals surface area contributed by atoms with Crippen molar-refractivity contribution in [1.29, 1.82) is 0 Å². The highest BCUT2D eigenvalue weighted by Crippen LogP contribution is 2.39. The van der Waals surface area contributed by atoms with Crippen LogP contribution < -0.4 is 4.74 Å². The SMILES string of the molecule is CCOC(C)=O.CCOc1cccc(-c2ccccc2)c1-c1ccccc1. The molecular weight excluding hydrogens is 336 g/mol. The summed E-state index contributed by atoms with van der Waals surface area (Å²) in [6.45, 7) is 6.34. The van der Waals surface area contributed by atoms with Crippen LogP contribution in [-0.4, -0.2) is 19.2 Å². The van der Waals surface area contributed by atoms with E-state index < -0.39 is 0 Å². The fraction of sp³-hybridized carbons (Fsp3) is 0.208. The molecule has 0 saturated carbocycles. The molecule has 0 bridgehead atoms. The van der Waals surface area contributed by atoms with E-state index in [-0.39, 0.29) is 5.97 Å². The van der Waals surface area contributed by atoms with Crippen LogP contribution in [0, 0.1) is 0 Å². The summed E-state index contributed by atoms with van der Waals surface area (Å²) >= 11 is 0. The van der Waals surface area contributed by atoms with Crippen LogP contribution in [0.5, 0.6) is 5.75 Å². The van der Waals surface area contributed by atoms with Crippen LogP contribution in [0.2, 0.25) is 0 Å². The molecule has 3 aromatic carbocycles. The van der Waals surface area contributed by atoms with E-state index in [2.05, 4.69) is 65.4 Å². The summed E-state index contributed by atoms with van der Waals surface area (Å²) < 4.78 is 10.3. The lowest BCUT2D eigenvalue weighted by atomic mass is 9.94. The quantitative estimate of drug-likeness (QED) is 0.523. The highest BCUT2D eigenvalue weighted by Gasteiger charge is 2.12. The molecule has 0 saturated heterocycles. The van der Waals surface area contributed by atoms with Crippen molar-refractivity contribution in [2.24, 2.45) is 0 Å². The minimum Gasteiger partial charge on any atom is -0.493 e. The van der Waals surface area contributed by atoms with Crippen LogP contribution in [0.4, 0.5) is 0 Å². The monoisotopic (exact) mass is 362 g/mol. The molecule has 0 radical (unpaired) electrons. The summed E-state index contributed by atoms with van der Waals surface area (Å²) in [4.78, 5) is 9.82. The lowest BCUT2D eigenvalue weighted by Crippen LogP contribution is -1.96. The third-order valence-corrected chi connectivity index (χ3v) is 3.82. The number of carbonyl (C=O) groups excluding carboxylic acids is 1. The van der Waals surface area contributed by atoms with E-state index in [1.807, 2.05) is 25.1 Å². The number of hydrogen-bond acceptors (Lipinski definition) is 3. The van der Waals surface area contributed by atoms with Crippen molar-refractivity contribution in [3.8, 4) is 28.0 Å². The Balaban J connectivity index is 0.000000380. The summed E-state index contributed by atoms with van der Waals surface area (Å²) in [5, 5.41) is 0. The van der Waals surface area contributed by atoms with Crippen LogP contribution in [0.15, 0.2) is 78.9 Å². The van der Waals surface area contributed by atoms with Gasteiger partial charge in [0.15, 0.2) is 0 Å². The number of esters is 1. The molecule has 140 valence electrons. The second kappa shape index (κ2) is 10.8. The zero-order valence-corrected chi connectivity index (χ0v) is 16.1. The minimum atomic E-state index is -0.211. The van der Waals surface area contributed by atoms with Crippen molar-refractivity contribution < 1.29 is 14.3 Å². The predicted octanol–water partition coefficient (Wildman–Crippen LogP) is 5.99. The first-order chi connectivity index (χ1) is 13.2. The molecule has 0 amide bonds. The first-order valence-electron chi connectivity index (χ1n) is 9.17. The highest BCUT2D eigenvalue weighted by molar-refractivity contribution is 5.87. The Morgan fingerprint density at radius 2 is 1.33 bits per heavy atom. The number of benzene rings is 3. The van der Waals surface area contributed by atoms with Crippen LogP contribution in [-0.2, 0) is 9.53 Å². The van der Waals surface area contributed by atoms with Gasteiger partial charge in [0.25, 0.3) is 0 Å². The van der Waals surface area contributed by atoms with Gasteiger partial charge < -0.3 is 9.47 Å². The van der Waals surface area contributed by atoms with E-state index in [9.17, 15) is 4.79 Å². The van der Waals surface area contributed by atoms with E-state index in [1.54, 1.807) is 6.92 Å². The van der Waals surface area contributed by atoms with Crippen molar-refractivity contribution in [3.05, 3.63) is 78.9 Å². The molecular formula is C24H26O3. The number of hydrogen-bond donors (Lipinski definition) is 0. The average Bonchev–Trinajstić information content (AvgIpc) is 2.70. The van der Waals surface area contributed by atoms with Gasteiger partial charge in [-0.25, -0.2) is 0 Å². The Morgan fingerprint density at radius 1 is 0.741 bits per heavy atom. The van der Waals surface area contributed by atoms with E-state index in [0.717, 1.165) is 11.3 Å². The largest absolute Gasteiger partial charge is 0.493 e. The maximum Gasteiger partial charge on any atom is 0.302 e. The summed E-state index contributed by atoms with van der Waals surface area (Å²) in [5.41, 5.74) is 4.75. The Bertz CT molecular complexity index is 827. The minimum absolute atomic E-state index is 0.211. The predicted molar refractivity (Wildman–Crippen MR) is 111 cm³/mol. The Hall–Kier alpha value is -3.07. The summed E-state index contributed by atoms with van der Waals surface area (Å²) in [7, 11) is 0. The third kappa shape index (κ3) is 6.00. The standard InChI is InChI=1S/C20H18O.C4H8O2/c1-2-21-19-15-9-14-18(16-10-5-3-6-11-16)20(19)17-12-7-4-8-13-17;1-3-6-4(2)5/h3-15H,2H2,1H3;3H2,1-2H3. The number of carbonyl (C=O) groups is 1. The van der Waals surface area contributed by atoms with E-state index in [1.165, 1.54) is 23.6 Å². The highest BCUT2D eigenvalue weighted by atomic mass is 16.5. The van der Waals surface area contributed by atoms with Crippen molar-refractivity contribution >= 4 is 5.97 Å². The third-order valence-electron chi connectivity index (χ3n) is 3.82. The van der Waals surface area contributed by atoms with Gasteiger partial charge in [0, 0.05) is 12.5 Å². The fourth-order valence-electron chi connectivity index (χ4n) is 2.77. The molecule has 0 unspecified atom stereocenters. The van der Waals surface area contributed by atoms with Gasteiger partial charge in [0.05, 0.1) is 13.2 Å². The Morgan fingerprint density at radius 3 is 1.81 bits per heavy atom. The van der Waals surface area contributed by atoms with Crippen LogP contribution in [0.1, 0.15) is 20.8 Å². The van der Waals surface area contributed by atoms with Gasteiger partial charge in [0.2, 0.25) is 0 Å². The van der Waals surface area contributed by atoms with E-state index >= 15 is 0 Å². The zero-order chi connectivity index (χ0) is 19.5. The second-order valence-corrected chi connectivity index (χ2v) is 5.77. The van der Waals surface area contributed by atoms with Gasteiger partial charge in [0.1, 0.15) is 5.75 Å². The van der Waals surface area contributed by atoms with Crippen molar-refractivity contribution in [1.82, 2.24) is 0 Å². The van der Waals surface area contributed by atoms with Gasteiger partial charge in [-0.05, 0) is 36.6 Å². The molecule has 0 heterocycles. The smallest absolute Gasteiger partial charge is 0.302 e. The molecule has 0 spiro atoms. The number of ether oxygens (including phenoxy) is 2. The normalized spacial score (nSPS) is 9.74. The van der Waals surface area contributed by atoms with Crippen LogP contribution in [0.25, 0.3) is 22.3 Å². The number of rotatable bonds is 5. The lowest BCUT2D eigenvalue weighted by molar-refractivity contribution is -0.140. The lowest BCUT2D eigenvalue weighted by Gasteiger charge is -2.15. The molecule has 3 nitrogen and oxygen atoms in total. The van der Waals surface area contributed by atoms with Crippen molar-refractivity contribution in [2.45, 2.75) is 20.8 Å². The molecule has 3 heteroatoms. The second-order valence-electron chi connectivity index (χ2n) is 5.77. The first-order valence-corrected chi connectivity index (χ1v) is 9.17. The maximum absolute atomic E-state index is 9.82. The van der Waals surface area contributed by atoms with Crippen LogP contribution in [0.3, 0.4) is 0 Å². The zero-order valence-electron chi connectivity index (χ0n) is 16.1. The molecule has 3 aromatic rings. The molecule has 0 aromatic heterocycles.